The molecular weight excluding hydrogens is 274 g/mol. The lowest BCUT2D eigenvalue weighted by Crippen LogP contribution is -2.03. The molecule has 2 rings (SSSR count). The smallest absolute Gasteiger partial charge is 0.261 e. The van der Waals surface area contributed by atoms with Crippen LogP contribution in [0, 0.1) is 0 Å². The Bertz CT molecular complexity index is 571. The Balaban J connectivity index is 2.51. The molecule has 0 amide bonds. The lowest BCUT2D eigenvalue weighted by Gasteiger charge is -2.16. The van der Waals surface area contributed by atoms with Gasteiger partial charge >= 0.3 is 0 Å². The molecule has 1 aromatic heterocycles. The summed E-state index contributed by atoms with van der Waals surface area (Å²) in [7, 11) is 0. The van der Waals surface area contributed by atoms with E-state index in [0.29, 0.717) is 48.5 Å². The second kappa shape index (κ2) is 6.83. The summed E-state index contributed by atoms with van der Waals surface area (Å²) in [5, 5.41) is 3.58. The molecule has 0 aliphatic carbocycles. The Morgan fingerprint density at radius 2 is 1.57 bits per heavy atom. The van der Waals surface area contributed by atoms with E-state index in [1.165, 1.54) is 0 Å². The number of nitrogens with two attached hydrogens (primary N) is 1. The van der Waals surface area contributed by atoms with E-state index < -0.39 is 0 Å². The van der Waals surface area contributed by atoms with Crippen molar-refractivity contribution in [2.75, 3.05) is 25.6 Å². The van der Waals surface area contributed by atoms with E-state index in [2.05, 4.69) is 10.1 Å². The third-order valence-corrected chi connectivity index (χ3v) is 2.60. The minimum absolute atomic E-state index is 0.0785. The van der Waals surface area contributed by atoms with E-state index in [4.69, 9.17) is 24.5 Å². The third-order valence-electron chi connectivity index (χ3n) is 2.60. The SMILES string of the molecule is CCOc1cc(-c2nc(N)no2)cc(OCC)c1OCC. The molecular formula is C14H19N3O4. The fourth-order valence-corrected chi connectivity index (χ4v) is 1.86. The van der Waals surface area contributed by atoms with Crippen molar-refractivity contribution in [1.29, 1.82) is 0 Å². The maximum Gasteiger partial charge on any atom is 0.261 e. The summed E-state index contributed by atoms with van der Waals surface area (Å²) in [6.07, 6.45) is 0. The van der Waals surface area contributed by atoms with Crippen molar-refractivity contribution in [2.24, 2.45) is 0 Å². The Kier molecular flexibility index (Phi) is 4.86. The number of aromatic nitrogens is 2. The van der Waals surface area contributed by atoms with Crippen molar-refractivity contribution in [3.05, 3.63) is 12.1 Å². The van der Waals surface area contributed by atoms with Crippen LogP contribution in [0.1, 0.15) is 20.8 Å². The van der Waals surface area contributed by atoms with Gasteiger partial charge in [0.05, 0.1) is 19.8 Å². The highest BCUT2D eigenvalue weighted by Crippen LogP contribution is 2.41. The number of nitrogens with zero attached hydrogens (tertiary/aromatic N) is 2. The molecule has 7 heteroatoms. The fourth-order valence-electron chi connectivity index (χ4n) is 1.86. The Hall–Kier alpha value is -2.44. The van der Waals surface area contributed by atoms with Crippen molar-refractivity contribution in [3.63, 3.8) is 0 Å². The molecule has 0 radical (unpaired) electrons. The molecule has 0 saturated heterocycles. The van der Waals surface area contributed by atoms with Gasteiger partial charge in [-0.2, -0.15) is 4.98 Å². The normalized spacial score (nSPS) is 10.4. The minimum Gasteiger partial charge on any atom is -0.490 e. The molecule has 21 heavy (non-hydrogen) atoms. The van der Waals surface area contributed by atoms with Gasteiger partial charge in [-0.05, 0) is 38.1 Å². The monoisotopic (exact) mass is 293 g/mol. The second-order valence-corrected chi connectivity index (χ2v) is 4.06. The van der Waals surface area contributed by atoms with Crippen molar-refractivity contribution in [3.8, 4) is 28.7 Å². The molecule has 114 valence electrons. The predicted octanol–water partition coefficient (Wildman–Crippen LogP) is 2.51. The van der Waals surface area contributed by atoms with Gasteiger partial charge in [-0.25, -0.2) is 0 Å². The summed E-state index contributed by atoms with van der Waals surface area (Å²) in [6.45, 7) is 7.20. The number of anilines is 1. The van der Waals surface area contributed by atoms with Crippen molar-refractivity contribution in [2.45, 2.75) is 20.8 Å². The first-order valence-corrected chi connectivity index (χ1v) is 6.85. The van der Waals surface area contributed by atoms with Crippen LogP contribution >= 0.6 is 0 Å². The van der Waals surface area contributed by atoms with E-state index in [1.807, 2.05) is 20.8 Å². The number of nitrogen functional groups attached to an aromatic ring is 1. The summed E-state index contributed by atoms with van der Waals surface area (Å²) < 4.78 is 21.9. The van der Waals surface area contributed by atoms with Crippen LogP contribution in [0.15, 0.2) is 16.7 Å². The molecule has 0 atom stereocenters. The molecule has 7 nitrogen and oxygen atoms in total. The average molecular weight is 293 g/mol. The van der Waals surface area contributed by atoms with Gasteiger partial charge in [0.2, 0.25) is 5.75 Å². The largest absolute Gasteiger partial charge is 0.490 e. The highest BCUT2D eigenvalue weighted by Gasteiger charge is 2.18. The lowest BCUT2D eigenvalue weighted by molar-refractivity contribution is 0.261. The number of rotatable bonds is 7. The van der Waals surface area contributed by atoms with Crippen LogP contribution < -0.4 is 19.9 Å². The van der Waals surface area contributed by atoms with Crippen LogP contribution in [0.3, 0.4) is 0 Å². The molecule has 1 heterocycles. The highest BCUT2D eigenvalue weighted by atomic mass is 16.5. The summed E-state index contributed by atoms with van der Waals surface area (Å²) in [5.74, 6) is 2.08. The maximum atomic E-state index is 5.63. The van der Waals surface area contributed by atoms with Crippen LogP contribution in [0.4, 0.5) is 5.95 Å². The van der Waals surface area contributed by atoms with Crippen molar-refractivity contribution < 1.29 is 18.7 Å². The first kappa shape index (κ1) is 15.0. The third kappa shape index (κ3) is 3.36. The molecule has 0 saturated carbocycles. The van der Waals surface area contributed by atoms with Crippen molar-refractivity contribution >= 4 is 5.95 Å². The molecule has 0 spiro atoms. The number of benzene rings is 1. The molecule has 2 aromatic rings. The quantitative estimate of drug-likeness (QED) is 0.838. The molecule has 0 fully saturated rings. The van der Waals surface area contributed by atoms with Crippen LogP contribution in [-0.4, -0.2) is 30.0 Å². The molecule has 0 aliphatic heterocycles. The van der Waals surface area contributed by atoms with Crippen LogP contribution in [0.5, 0.6) is 17.2 Å². The van der Waals surface area contributed by atoms with Gasteiger partial charge in [-0.1, -0.05) is 0 Å². The molecule has 2 N–H and O–H groups in total. The van der Waals surface area contributed by atoms with Crippen molar-refractivity contribution in [1.82, 2.24) is 10.1 Å². The summed E-state index contributed by atoms with van der Waals surface area (Å²) in [4.78, 5) is 4.01. The maximum absolute atomic E-state index is 5.63. The van der Waals surface area contributed by atoms with Gasteiger partial charge in [-0.3, -0.25) is 0 Å². The predicted molar refractivity (Wildman–Crippen MR) is 77.7 cm³/mol. The molecule has 0 unspecified atom stereocenters. The molecule has 0 bridgehead atoms. The van der Waals surface area contributed by atoms with Crippen LogP contribution in [-0.2, 0) is 0 Å². The second-order valence-electron chi connectivity index (χ2n) is 4.06. The van der Waals surface area contributed by atoms with E-state index in [-0.39, 0.29) is 5.95 Å². The summed E-state index contributed by atoms with van der Waals surface area (Å²) in [6, 6.07) is 3.54. The fraction of sp³-hybridized carbons (Fsp3) is 0.429. The zero-order valence-corrected chi connectivity index (χ0v) is 12.4. The van der Waals surface area contributed by atoms with Gasteiger partial charge in [0.15, 0.2) is 11.5 Å². The van der Waals surface area contributed by atoms with E-state index >= 15 is 0 Å². The zero-order valence-electron chi connectivity index (χ0n) is 12.4. The first-order chi connectivity index (χ1) is 10.2. The van der Waals surface area contributed by atoms with E-state index in [9.17, 15) is 0 Å². The Morgan fingerprint density at radius 3 is 2.00 bits per heavy atom. The van der Waals surface area contributed by atoms with Gasteiger partial charge in [0.1, 0.15) is 0 Å². The average Bonchev–Trinajstić information content (AvgIpc) is 2.89. The minimum atomic E-state index is 0.0785. The molecule has 0 aliphatic rings. The first-order valence-electron chi connectivity index (χ1n) is 6.85. The topological polar surface area (TPSA) is 92.6 Å². The van der Waals surface area contributed by atoms with Gasteiger partial charge in [0, 0.05) is 5.56 Å². The van der Waals surface area contributed by atoms with E-state index in [0.717, 1.165) is 0 Å². The Morgan fingerprint density at radius 1 is 1.00 bits per heavy atom. The molecule has 1 aromatic carbocycles. The van der Waals surface area contributed by atoms with E-state index in [1.54, 1.807) is 12.1 Å². The van der Waals surface area contributed by atoms with Crippen LogP contribution in [0.2, 0.25) is 0 Å². The number of ether oxygens (including phenoxy) is 3. The number of hydrogen-bond donors (Lipinski definition) is 1. The lowest BCUT2D eigenvalue weighted by atomic mass is 10.1. The van der Waals surface area contributed by atoms with Gasteiger partial charge in [-0.15, -0.1) is 0 Å². The number of hydrogen-bond acceptors (Lipinski definition) is 7. The van der Waals surface area contributed by atoms with Gasteiger partial charge in [0.25, 0.3) is 11.8 Å². The Labute approximate surface area is 123 Å². The summed E-state index contributed by atoms with van der Waals surface area (Å²) in [5.41, 5.74) is 6.15. The highest BCUT2D eigenvalue weighted by molar-refractivity contribution is 5.66. The zero-order chi connectivity index (χ0) is 15.2. The summed E-state index contributed by atoms with van der Waals surface area (Å²) >= 11 is 0. The van der Waals surface area contributed by atoms with Gasteiger partial charge < -0.3 is 24.5 Å². The van der Waals surface area contributed by atoms with Crippen LogP contribution in [0.25, 0.3) is 11.5 Å². The standard InChI is InChI=1S/C14H19N3O4/c1-4-18-10-7-9(13-16-14(15)17-21-13)8-11(19-5-2)12(10)20-6-3/h7-8H,4-6H2,1-3H3,(H2,15,17).